The molecule has 2 aliphatic rings. The van der Waals surface area contributed by atoms with E-state index in [9.17, 15) is 4.79 Å². The van der Waals surface area contributed by atoms with Crippen molar-refractivity contribution in [2.75, 3.05) is 18.0 Å². The SMILES string of the molecule is Cc1cncc(OC2CCN(c3nc4c(cc3C)C(=O)NC4)CC2)c1. The van der Waals surface area contributed by atoms with Gasteiger partial charge in [-0.2, -0.15) is 0 Å². The normalized spacial score (nSPS) is 17.4. The number of amides is 1. The molecule has 0 bridgehead atoms. The minimum absolute atomic E-state index is 0.0176. The summed E-state index contributed by atoms with van der Waals surface area (Å²) in [5, 5.41) is 2.84. The maximum absolute atomic E-state index is 11.8. The van der Waals surface area contributed by atoms with Crippen molar-refractivity contribution in [3.8, 4) is 5.75 Å². The van der Waals surface area contributed by atoms with E-state index in [-0.39, 0.29) is 12.0 Å². The van der Waals surface area contributed by atoms with Gasteiger partial charge in [0.15, 0.2) is 0 Å². The lowest BCUT2D eigenvalue weighted by atomic mass is 10.1. The molecule has 0 aromatic carbocycles. The van der Waals surface area contributed by atoms with E-state index in [4.69, 9.17) is 9.72 Å². The van der Waals surface area contributed by atoms with Crippen molar-refractivity contribution in [2.24, 2.45) is 0 Å². The van der Waals surface area contributed by atoms with Gasteiger partial charge in [0.05, 0.1) is 24.0 Å². The minimum Gasteiger partial charge on any atom is -0.489 e. The molecule has 0 aliphatic carbocycles. The van der Waals surface area contributed by atoms with Crippen LogP contribution in [0.5, 0.6) is 5.75 Å². The maximum atomic E-state index is 11.8. The monoisotopic (exact) mass is 338 g/mol. The molecule has 0 atom stereocenters. The number of aromatic nitrogens is 2. The van der Waals surface area contributed by atoms with E-state index in [1.165, 1.54) is 0 Å². The van der Waals surface area contributed by atoms with Crippen molar-refractivity contribution in [2.45, 2.75) is 39.3 Å². The number of pyridine rings is 2. The fourth-order valence-corrected chi connectivity index (χ4v) is 3.52. The Morgan fingerprint density at radius 3 is 2.76 bits per heavy atom. The first-order chi connectivity index (χ1) is 12.1. The summed E-state index contributed by atoms with van der Waals surface area (Å²) in [5.74, 6) is 1.82. The van der Waals surface area contributed by atoms with E-state index >= 15 is 0 Å². The predicted octanol–water partition coefficient (Wildman–Crippen LogP) is 2.38. The number of carbonyl (C=O) groups is 1. The molecule has 1 saturated heterocycles. The second kappa shape index (κ2) is 6.35. The highest BCUT2D eigenvalue weighted by Crippen LogP contribution is 2.27. The van der Waals surface area contributed by atoms with Crippen molar-refractivity contribution in [1.82, 2.24) is 15.3 Å². The van der Waals surface area contributed by atoms with Crippen LogP contribution in [0.15, 0.2) is 24.5 Å². The Hall–Kier alpha value is -2.63. The second-order valence-electron chi connectivity index (χ2n) is 6.81. The lowest BCUT2D eigenvalue weighted by Gasteiger charge is -2.33. The molecule has 6 nitrogen and oxygen atoms in total. The zero-order valence-corrected chi connectivity index (χ0v) is 14.6. The molecule has 1 N–H and O–H groups in total. The van der Waals surface area contributed by atoms with Gasteiger partial charge in [-0.1, -0.05) is 0 Å². The Bertz CT molecular complexity index is 813. The molecular formula is C19H22N4O2. The number of rotatable bonds is 3. The average Bonchev–Trinajstić information content (AvgIpc) is 2.95. The summed E-state index contributed by atoms with van der Waals surface area (Å²) in [6.07, 6.45) is 5.71. The number of aryl methyl sites for hydroxylation is 2. The summed E-state index contributed by atoms with van der Waals surface area (Å²) in [7, 11) is 0. The average molecular weight is 338 g/mol. The highest BCUT2D eigenvalue weighted by atomic mass is 16.5. The lowest BCUT2D eigenvalue weighted by Crippen LogP contribution is -2.39. The van der Waals surface area contributed by atoms with Gasteiger partial charge in [-0.05, 0) is 37.1 Å². The molecule has 4 heterocycles. The van der Waals surface area contributed by atoms with Crippen LogP contribution in [-0.4, -0.2) is 35.1 Å². The molecule has 1 amide bonds. The number of hydrogen-bond donors (Lipinski definition) is 1. The Balaban J connectivity index is 1.43. The molecule has 6 heteroatoms. The Labute approximate surface area is 147 Å². The quantitative estimate of drug-likeness (QED) is 0.931. The summed E-state index contributed by atoms with van der Waals surface area (Å²) < 4.78 is 6.07. The minimum atomic E-state index is -0.0176. The number of piperidine rings is 1. The van der Waals surface area contributed by atoms with Crippen LogP contribution in [0, 0.1) is 13.8 Å². The zero-order valence-electron chi connectivity index (χ0n) is 14.6. The number of carbonyl (C=O) groups excluding carboxylic acids is 1. The van der Waals surface area contributed by atoms with E-state index in [0.29, 0.717) is 12.1 Å². The number of nitrogens with one attached hydrogen (secondary N) is 1. The summed E-state index contributed by atoms with van der Waals surface area (Å²) in [5.41, 5.74) is 3.73. The highest BCUT2D eigenvalue weighted by Gasteiger charge is 2.26. The predicted molar refractivity (Wildman–Crippen MR) is 95.0 cm³/mol. The third-order valence-electron chi connectivity index (χ3n) is 4.82. The number of ether oxygens (including phenoxy) is 1. The van der Waals surface area contributed by atoms with E-state index in [1.54, 1.807) is 6.20 Å². The lowest BCUT2D eigenvalue weighted by molar-refractivity contribution is 0.0965. The van der Waals surface area contributed by atoms with Crippen LogP contribution in [0.25, 0.3) is 0 Å². The molecule has 4 rings (SSSR count). The van der Waals surface area contributed by atoms with Crippen LogP contribution in [-0.2, 0) is 6.54 Å². The molecule has 25 heavy (non-hydrogen) atoms. The Kier molecular flexibility index (Phi) is 4.03. The Morgan fingerprint density at radius 1 is 1.20 bits per heavy atom. The van der Waals surface area contributed by atoms with Gasteiger partial charge in [0.25, 0.3) is 5.91 Å². The summed E-state index contributed by atoms with van der Waals surface area (Å²) in [6.45, 7) is 6.37. The smallest absolute Gasteiger partial charge is 0.253 e. The molecule has 0 unspecified atom stereocenters. The van der Waals surface area contributed by atoms with Gasteiger partial charge in [-0.3, -0.25) is 9.78 Å². The maximum Gasteiger partial charge on any atom is 0.253 e. The van der Waals surface area contributed by atoms with Gasteiger partial charge in [0.2, 0.25) is 0 Å². The first-order valence-electron chi connectivity index (χ1n) is 8.72. The van der Waals surface area contributed by atoms with Crippen molar-refractivity contribution in [3.63, 3.8) is 0 Å². The van der Waals surface area contributed by atoms with Crippen molar-refractivity contribution in [3.05, 3.63) is 46.9 Å². The molecule has 0 saturated carbocycles. The van der Waals surface area contributed by atoms with E-state index in [1.807, 2.05) is 32.2 Å². The Morgan fingerprint density at radius 2 is 2.00 bits per heavy atom. The van der Waals surface area contributed by atoms with Crippen molar-refractivity contribution < 1.29 is 9.53 Å². The van der Waals surface area contributed by atoms with Crippen LogP contribution in [0.4, 0.5) is 5.82 Å². The molecule has 2 aromatic rings. The standard InChI is InChI=1S/C19H22N4O2/c1-12-7-15(10-20-9-12)25-14-3-5-23(6-4-14)18-13(2)8-16-17(22-18)11-21-19(16)24/h7-10,14H,3-6,11H2,1-2H3,(H,21,24). The topological polar surface area (TPSA) is 67.3 Å². The number of fused-ring (bicyclic) bond motifs is 1. The first-order valence-corrected chi connectivity index (χ1v) is 8.72. The van der Waals surface area contributed by atoms with E-state index < -0.39 is 0 Å². The molecule has 2 aliphatic heterocycles. The first kappa shape index (κ1) is 15.9. The number of anilines is 1. The van der Waals surface area contributed by atoms with E-state index in [0.717, 1.165) is 54.3 Å². The molecule has 0 radical (unpaired) electrons. The number of hydrogen-bond acceptors (Lipinski definition) is 5. The van der Waals surface area contributed by atoms with Crippen LogP contribution in [0.2, 0.25) is 0 Å². The third-order valence-corrected chi connectivity index (χ3v) is 4.82. The van der Waals surface area contributed by atoms with Crippen LogP contribution in [0.1, 0.15) is 40.0 Å². The van der Waals surface area contributed by atoms with Gasteiger partial charge in [-0.15, -0.1) is 0 Å². The second-order valence-corrected chi connectivity index (χ2v) is 6.81. The van der Waals surface area contributed by atoms with Gasteiger partial charge < -0.3 is 15.0 Å². The summed E-state index contributed by atoms with van der Waals surface area (Å²) in [6, 6.07) is 3.98. The molecule has 130 valence electrons. The molecule has 0 spiro atoms. The summed E-state index contributed by atoms with van der Waals surface area (Å²) >= 11 is 0. The largest absolute Gasteiger partial charge is 0.489 e. The van der Waals surface area contributed by atoms with Gasteiger partial charge in [0.1, 0.15) is 17.7 Å². The van der Waals surface area contributed by atoms with Crippen LogP contribution >= 0.6 is 0 Å². The fourth-order valence-electron chi connectivity index (χ4n) is 3.52. The van der Waals surface area contributed by atoms with Gasteiger partial charge in [0, 0.05) is 32.1 Å². The van der Waals surface area contributed by atoms with Crippen molar-refractivity contribution in [1.29, 1.82) is 0 Å². The van der Waals surface area contributed by atoms with Crippen LogP contribution in [0.3, 0.4) is 0 Å². The number of nitrogens with zero attached hydrogens (tertiary/aromatic N) is 3. The zero-order chi connectivity index (χ0) is 17.4. The van der Waals surface area contributed by atoms with E-state index in [2.05, 4.69) is 15.2 Å². The molecular weight excluding hydrogens is 316 g/mol. The fraction of sp³-hybridized carbons (Fsp3) is 0.421. The van der Waals surface area contributed by atoms with Gasteiger partial charge in [-0.25, -0.2) is 4.98 Å². The highest BCUT2D eigenvalue weighted by molar-refractivity contribution is 5.98. The van der Waals surface area contributed by atoms with Gasteiger partial charge >= 0.3 is 0 Å². The molecule has 2 aromatic heterocycles. The molecule has 1 fully saturated rings. The van der Waals surface area contributed by atoms with Crippen LogP contribution < -0.4 is 15.0 Å². The van der Waals surface area contributed by atoms with Crippen molar-refractivity contribution >= 4 is 11.7 Å². The summed E-state index contributed by atoms with van der Waals surface area (Å²) in [4.78, 5) is 23.0. The third kappa shape index (κ3) is 3.16.